The van der Waals surface area contributed by atoms with Crippen molar-refractivity contribution in [1.82, 2.24) is 0 Å². The van der Waals surface area contributed by atoms with Crippen molar-refractivity contribution >= 4 is 29.4 Å². The van der Waals surface area contributed by atoms with Gasteiger partial charge in [-0.05, 0) is 17.5 Å². The van der Waals surface area contributed by atoms with Gasteiger partial charge >= 0.3 is 7.60 Å². The van der Waals surface area contributed by atoms with Gasteiger partial charge in [-0.25, -0.2) is 0 Å². The molecule has 2 aromatic rings. The van der Waals surface area contributed by atoms with E-state index in [-0.39, 0.29) is 5.30 Å². The first kappa shape index (κ1) is 12.1. The maximum Gasteiger partial charge on any atom is 0.357 e. The highest BCUT2D eigenvalue weighted by Crippen LogP contribution is 2.37. The molecule has 0 atom stereocenters. The van der Waals surface area contributed by atoms with E-state index < -0.39 is 7.60 Å². The lowest BCUT2D eigenvalue weighted by atomic mass is 10.1. The van der Waals surface area contributed by atoms with Gasteiger partial charge in [-0.3, -0.25) is 4.57 Å². The second kappa shape index (κ2) is 4.15. The van der Waals surface area contributed by atoms with Crippen molar-refractivity contribution in [1.29, 1.82) is 0 Å². The van der Waals surface area contributed by atoms with Crippen molar-refractivity contribution in [2.75, 3.05) is 19.0 Å². The molecule has 0 unspecified atom stereocenters. The molecule has 2 N–H and O–H groups in total. The third kappa shape index (κ3) is 2.20. The highest BCUT2D eigenvalue weighted by atomic mass is 31.2. The molecular formula is C12H13NO3P. The zero-order valence-corrected chi connectivity index (χ0v) is 10.5. The molecule has 0 saturated heterocycles. The van der Waals surface area contributed by atoms with Gasteiger partial charge in [0, 0.05) is 25.2 Å². The van der Waals surface area contributed by atoms with Crippen LogP contribution in [0.25, 0.3) is 10.8 Å². The molecule has 0 aliphatic rings. The van der Waals surface area contributed by atoms with Crippen LogP contribution in [0.3, 0.4) is 0 Å². The van der Waals surface area contributed by atoms with Crippen LogP contribution in [0, 0.1) is 6.07 Å². The fraction of sp³-hybridized carbons (Fsp3) is 0.167. The largest absolute Gasteiger partial charge is 0.377 e. The van der Waals surface area contributed by atoms with Crippen LogP contribution in [-0.2, 0) is 4.57 Å². The average molecular weight is 250 g/mol. The first-order valence-corrected chi connectivity index (χ1v) is 6.69. The maximum absolute atomic E-state index is 11.4. The van der Waals surface area contributed by atoms with Crippen LogP contribution in [-0.4, -0.2) is 23.9 Å². The lowest BCUT2D eigenvalue weighted by Crippen LogP contribution is -2.11. The SMILES string of the molecule is CN(C)c1cccc2c(P(=O)(O)O)[c]ccc12. The standard InChI is InChI=1S/C12H13NO3P/c1-13(2)11-7-3-6-10-9(11)5-4-8-12(10)17(14,15)16/h3-7H,1-2H3,(H2,14,15,16). The Morgan fingerprint density at radius 1 is 1.18 bits per heavy atom. The van der Waals surface area contributed by atoms with Gasteiger partial charge in [0.25, 0.3) is 0 Å². The van der Waals surface area contributed by atoms with E-state index in [0.29, 0.717) is 5.39 Å². The first-order chi connectivity index (χ1) is 7.91. The summed E-state index contributed by atoms with van der Waals surface area (Å²) >= 11 is 0. The number of rotatable bonds is 2. The molecule has 0 fully saturated rings. The zero-order valence-electron chi connectivity index (χ0n) is 9.58. The number of nitrogens with zero attached hydrogens (tertiary/aromatic N) is 1. The van der Waals surface area contributed by atoms with Crippen LogP contribution in [0.5, 0.6) is 0 Å². The third-order valence-corrected chi connectivity index (χ3v) is 3.53. The summed E-state index contributed by atoms with van der Waals surface area (Å²) in [5, 5.41) is 1.32. The van der Waals surface area contributed by atoms with Gasteiger partial charge in [-0.2, -0.15) is 0 Å². The second-order valence-electron chi connectivity index (χ2n) is 4.00. The summed E-state index contributed by atoms with van der Waals surface area (Å²) < 4.78 is 11.4. The molecule has 89 valence electrons. The Morgan fingerprint density at radius 2 is 1.88 bits per heavy atom. The van der Waals surface area contributed by atoms with Crippen molar-refractivity contribution in [2.24, 2.45) is 0 Å². The molecule has 0 aromatic heterocycles. The second-order valence-corrected chi connectivity index (χ2v) is 5.54. The van der Waals surface area contributed by atoms with Crippen LogP contribution in [0.2, 0.25) is 0 Å². The van der Waals surface area contributed by atoms with Gasteiger partial charge in [0.2, 0.25) is 0 Å². The van der Waals surface area contributed by atoms with Crippen molar-refractivity contribution in [3.63, 3.8) is 0 Å². The molecule has 2 aromatic carbocycles. The molecule has 0 aliphatic carbocycles. The highest BCUT2D eigenvalue weighted by Gasteiger charge is 2.21. The summed E-state index contributed by atoms with van der Waals surface area (Å²) in [6.07, 6.45) is 0. The van der Waals surface area contributed by atoms with Crippen LogP contribution in [0.1, 0.15) is 0 Å². The molecule has 1 radical (unpaired) electrons. The Morgan fingerprint density at radius 3 is 2.47 bits per heavy atom. The molecular weight excluding hydrogens is 237 g/mol. The summed E-state index contributed by atoms with van der Waals surface area (Å²) in [5.41, 5.74) is 0.922. The summed E-state index contributed by atoms with van der Waals surface area (Å²) in [6.45, 7) is 0. The van der Waals surface area contributed by atoms with Crippen LogP contribution in [0.4, 0.5) is 5.69 Å². The van der Waals surface area contributed by atoms with Crippen molar-refractivity contribution < 1.29 is 14.4 Å². The fourth-order valence-electron chi connectivity index (χ4n) is 1.85. The summed E-state index contributed by atoms with van der Waals surface area (Å²) in [7, 11) is -0.505. The van der Waals surface area contributed by atoms with E-state index in [9.17, 15) is 14.4 Å². The minimum absolute atomic E-state index is 0.0429. The summed E-state index contributed by atoms with van der Waals surface area (Å²) in [4.78, 5) is 20.5. The van der Waals surface area contributed by atoms with Crippen molar-refractivity contribution in [3.8, 4) is 0 Å². The van der Waals surface area contributed by atoms with Crippen molar-refractivity contribution in [2.45, 2.75) is 0 Å². The third-order valence-electron chi connectivity index (χ3n) is 2.58. The van der Waals surface area contributed by atoms with Crippen LogP contribution < -0.4 is 10.2 Å². The van der Waals surface area contributed by atoms with E-state index >= 15 is 0 Å². The van der Waals surface area contributed by atoms with E-state index in [1.165, 1.54) is 0 Å². The van der Waals surface area contributed by atoms with E-state index in [2.05, 4.69) is 6.07 Å². The Bertz CT molecular complexity index is 604. The lowest BCUT2D eigenvalue weighted by molar-refractivity contribution is 0.387. The van der Waals surface area contributed by atoms with Crippen LogP contribution in [0.15, 0.2) is 30.3 Å². The average Bonchev–Trinajstić information content (AvgIpc) is 2.26. The minimum Gasteiger partial charge on any atom is -0.377 e. The summed E-state index contributed by atoms with van der Waals surface area (Å²) in [5.74, 6) is 0. The summed E-state index contributed by atoms with van der Waals surface area (Å²) in [6, 6.07) is 11.4. The number of fused-ring (bicyclic) bond motifs is 1. The molecule has 0 spiro atoms. The van der Waals surface area contributed by atoms with E-state index in [0.717, 1.165) is 11.1 Å². The quantitative estimate of drug-likeness (QED) is 0.793. The monoisotopic (exact) mass is 250 g/mol. The topological polar surface area (TPSA) is 60.8 Å². The van der Waals surface area contributed by atoms with E-state index in [4.69, 9.17) is 0 Å². The molecule has 0 heterocycles. The normalized spacial score (nSPS) is 11.8. The number of anilines is 1. The zero-order chi connectivity index (χ0) is 12.6. The fourth-order valence-corrected chi connectivity index (χ4v) is 2.60. The van der Waals surface area contributed by atoms with Gasteiger partial charge in [-0.15, -0.1) is 0 Å². The highest BCUT2D eigenvalue weighted by molar-refractivity contribution is 7.60. The molecule has 17 heavy (non-hydrogen) atoms. The predicted molar refractivity (Wildman–Crippen MR) is 68.8 cm³/mol. The van der Waals surface area contributed by atoms with E-state index in [1.807, 2.05) is 31.1 Å². The molecule has 0 aliphatic heterocycles. The van der Waals surface area contributed by atoms with Crippen molar-refractivity contribution in [3.05, 3.63) is 36.4 Å². The molecule has 0 bridgehead atoms. The van der Waals surface area contributed by atoms with Gasteiger partial charge < -0.3 is 14.7 Å². The molecule has 5 heteroatoms. The predicted octanol–water partition coefficient (Wildman–Crippen LogP) is 1.51. The van der Waals surface area contributed by atoms with Gasteiger partial charge in [0.1, 0.15) is 0 Å². The maximum atomic E-state index is 11.4. The van der Waals surface area contributed by atoms with Gasteiger partial charge in [0.05, 0.1) is 5.30 Å². The molecule has 2 rings (SSSR count). The molecule has 4 nitrogen and oxygen atoms in total. The number of hydrogen-bond acceptors (Lipinski definition) is 2. The minimum atomic E-state index is -4.29. The Kier molecular flexibility index (Phi) is 2.96. The lowest BCUT2D eigenvalue weighted by Gasteiger charge is -2.16. The van der Waals surface area contributed by atoms with Gasteiger partial charge in [-0.1, -0.05) is 24.3 Å². The van der Waals surface area contributed by atoms with E-state index in [1.54, 1.807) is 18.2 Å². The van der Waals surface area contributed by atoms with Gasteiger partial charge in [0.15, 0.2) is 0 Å². The smallest absolute Gasteiger partial charge is 0.357 e. The number of hydrogen-bond donors (Lipinski definition) is 2. The van der Waals surface area contributed by atoms with Crippen LogP contribution >= 0.6 is 7.60 Å². The molecule has 0 saturated carbocycles. The first-order valence-electron chi connectivity index (χ1n) is 5.08. The Labute approximate surface area is 99.7 Å². The molecule has 0 amide bonds. The Hall–Kier alpha value is -1.35. The number of benzene rings is 2. The Balaban J connectivity index is 2.84.